The lowest BCUT2D eigenvalue weighted by molar-refractivity contribution is -0.139. The molecule has 0 saturated carbocycles. The van der Waals surface area contributed by atoms with Gasteiger partial charge in [-0.2, -0.15) is 13.2 Å². The van der Waals surface area contributed by atoms with Crippen molar-refractivity contribution in [3.63, 3.8) is 0 Å². The van der Waals surface area contributed by atoms with E-state index < -0.39 is 23.6 Å². The van der Waals surface area contributed by atoms with E-state index in [4.69, 9.17) is 9.47 Å². The molecule has 0 saturated heterocycles. The topological polar surface area (TPSA) is 56.3 Å². The molecule has 3 rings (SSSR count). The molecule has 2 aromatic carbocycles. The van der Waals surface area contributed by atoms with Crippen molar-refractivity contribution >= 4 is 38.5 Å². The number of hydrogen-bond donors (Lipinski definition) is 1. The minimum Gasteiger partial charge on any atom is -0.493 e. The van der Waals surface area contributed by atoms with Crippen molar-refractivity contribution < 1.29 is 27.0 Å². The number of hydrogen-bond acceptors (Lipinski definition) is 5. The normalized spacial score (nSPS) is 11.5. The number of nitrogens with zero attached hydrogens (tertiary/aromatic N) is 2. The maximum atomic E-state index is 14.0. The molecule has 1 N–H and O–H groups in total. The molecule has 0 unspecified atom stereocenters. The summed E-state index contributed by atoms with van der Waals surface area (Å²) in [5, 5.41) is 2.22. The summed E-state index contributed by atoms with van der Waals surface area (Å²) >= 11 is 3.11. The van der Waals surface area contributed by atoms with Gasteiger partial charge in [-0.25, -0.2) is 14.4 Å². The fourth-order valence-electron chi connectivity index (χ4n) is 2.44. The SMILES string of the molecule is COc1cc2nc(Nc3ccc(Br)cc3F)nc(C(F)(F)F)c2cc1OC. The Kier molecular flexibility index (Phi) is 5.09. The van der Waals surface area contributed by atoms with Crippen molar-refractivity contribution in [2.45, 2.75) is 6.18 Å². The van der Waals surface area contributed by atoms with Gasteiger partial charge in [-0.3, -0.25) is 0 Å². The number of rotatable bonds is 4. The van der Waals surface area contributed by atoms with Crippen LogP contribution in [0.1, 0.15) is 5.69 Å². The van der Waals surface area contributed by atoms with E-state index >= 15 is 0 Å². The van der Waals surface area contributed by atoms with E-state index in [2.05, 4.69) is 31.2 Å². The summed E-state index contributed by atoms with van der Waals surface area (Å²) in [6.45, 7) is 0. The Morgan fingerprint density at radius 1 is 1.00 bits per heavy atom. The van der Waals surface area contributed by atoms with E-state index in [9.17, 15) is 17.6 Å². The average molecular weight is 446 g/mol. The molecule has 0 fully saturated rings. The first-order chi connectivity index (χ1) is 12.7. The lowest BCUT2D eigenvalue weighted by Gasteiger charge is -2.15. The van der Waals surface area contributed by atoms with Gasteiger partial charge in [-0.1, -0.05) is 15.9 Å². The first-order valence-electron chi connectivity index (χ1n) is 7.46. The van der Waals surface area contributed by atoms with Gasteiger partial charge in [0.2, 0.25) is 5.95 Å². The monoisotopic (exact) mass is 445 g/mol. The van der Waals surface area contributed by atoms with Crippen LogP contribution in [0.4, 0.5) is 29.2 Å². The van der Waals surface area contributed by atoms with Crippen molar-refractivity contribution in [3.05, 3.63) is 46.3 Å². The molecule has 0 aliphatic heterocycles. The zero-order valence-corrected chi connectivity index (χ0v) is 15.6. The summed E-state index contributed by atoms with van der Waals surface area (Å²) in [4.78, 5) is 7.60. The van der Waals surface area contributed by atoms with Gasteiger partial charge in [0, 0.05) is 15.9 Å². The molecule has 1 heterocycles. The Labute approximate surface area is 159 Å². The first kappa shape index (κ1) is 19.2. The second-order valence-electron chi connectivity index (χ2n) is 5.37. The minimum absolute atomic E-state index is 0.0324. The van der Waals surface area contributed by atoms with E-state index in [-0.39, 0.29) is 28.1 Å². The summed E-state index contributed by atoms with van der Waals surface area (Å²) in [7, 11) is 2.66. The van der Waals surface area contributed by atoms with Crippen molar-refractivity contribution in [3.8, 4) is 11.5 Å². The zero-order valence-electron chi connectivity index (χ0n) is 14.0. The smallest absolute Gasteiger partial charge is 0.434 e. The highest BCUT2D eigenvalue weighted by molar-refractivity contribution is 9.10. The van der Waals surface area contributed by atoms with Crippen molar-refractivity contribution in [2.24, 2.45) is 0 Å². The van der Waals surface area contributed by atoms with Crippen LogP contribution in [-0.4, -0.2) is 24.2 Å². The van der Waals surface area contributed by atoms with Gasteiger partial charge in [0.05, 0.1) is 25.4 Å². The molecule has 0 radical (unpaired) electrons. The number of alkyl halides is 3. The second-order valence-corrected chi connectivity index (χ2v) is 6.28. The van der Waals surface area contributed by atoms with Crippen LogP contribution < -0.4 is 14.8 Å². The van der Waals surface area contributed by atoms with Crippen LogP contribution in [0.5, 0.6) is 11.5 Å². The number of nitrogens with one attached hydrogen (secondary N) is 1. The molecule has 0 amide bonds. The minimum atomic E-state index is -4.75. The third-order valence-electron chi connectivity index (χ3n) is 3.65. The standard InChI is InChI=1S/C17H12BrF4N3O2/c1-26-13-6-9-12(7-14(13)27-2)24-16(25-15(9)17(20,21)22)23-11-4-3-8(18)5-10(11)19/h3-7H,1-2H3,(H,23,24,25). The molecule has 10 heteroatoms. The van der Waals surface area contributed by atoms with Crippen LogP contribution in [0.3, 0.4) is 0 Å². The molecule has 0 aliphatic rings. The number of halogens is 5. The van der Waals surface area contributed by atoms with Crippen LogP contribution in [0.15, 0.2) is 34.8 Å². The third kappa shape index (κ3) is 3.90. The van der Waals surface area contributed by atoms with Crippen molar-refractivity contribution in [1.82, 2.24) is 9.97 Å². The summed E-state index contributed by atoms with van der Waals surface area (Å²) in [5.74, 6) is -0.756. The quantitative estimate of drug-likeness (QED) is 0.551. The predicted molar refractivity (Wildman–Crippen MR) is 95.0 cm³/mol. The number of ether oxygens (including phenoxy) is 2. The molecule has 1 aromatic heterocycles. The maximum Gasteiger partial charge on any atom is 0.434 e. The summed E-state index contributed by atoms with van der Waals surface area (Å²) in [5.41, 5.74) is -1.27. The molecular formula is C17H12BrF4N3O2. The molecule has 0 spiro atoms. The lowest BCUT2D eigenvalue weighted by Crippen LogP contribution is -2.12. The summed E-state index contributed by atoms with van der Waals surface area (Å²) in [6, 6.07) is 6.51. The molecule has 27 heavy (non-hydrogen) atoms. The van der Waals surface area contributed by atoms with Crippen molar-refractivity contribution in [1.29, 1.82) is 0 Å². The highest BCUT2D eigenvalue weighted by Crippen LogP contribution is 2.39. The second kappa shape index (κ2) is 7.18. The molecule has 3 aromatic rings. The van der Waals surface area contributed by atoms with Crippen LogP contribution in [-0.2, 0) is 6.18 Å². The van der Waals surface area contributed by atoms with E-state index in [0.717, 1.165) is 6.07 Å². The van der Waals surface area contributed by atoms with Gasteiger partial charge in [0.1, 0.15) is 5.82 Å². The molecule has 0 atom stereocenters. The van der Waals surface area contributed by atoms with Gasteiger partial charge in [0.15, 0.2) is 17.2 Å². The van der Waals surface area contributed by atoms with Gasteiger partial charge in [-0.05, 0) is 24.3 Å². The van der Waals surface area contributed by atoms with Crippen LogP contribution in [0, 0.1) is 5.82 Å². The van der Waals surface area contributed by atoms with E-state index in [0.29, 0.717) is 4.47 Å². The number of aromatic nitrogens is 2. The largest absolute Gasteiger partial charge is 0.493 e. The van der Waals surface area contributed by atoms with Gasteiger partial charge < -0.3 is 14.8 Å². The molecule has 5 nitrogen and oxygen atoms in total. The molecule has 0 aliphatic carbocycles. The molecule has 142 valence electrons. The van der Waals surface area contributed by atoms with Crippen LogP contribution >= 0.6 is 15.9 Å². The van der Waals surface area contributed by atoms with Crippen LogP contribution in [0.25, 0.3) is 10.9 Å². The third-order valence-corrected chi connectivity index (χ3v) is 4.14. The molecular weight excluding hydrogens is 434 g/mol. The van der Waals surface area contributed by atoms with E-state index in [1.807, 2.05) is 0 Å². The molecule has 0 bridgehead atoms. The number of benzene rings is 2. The van der Waals surface area contributed by atoms with Gasteiger partial charge in [0.25, 0.3) is 0 Å². The first-order valence-corrected chi connectivity index (χ1v) is 8.25. The maximum absolute atomic E-state index is 14.0. The zero-order chi connectivity index (χ0) is 19.8. The summed E-state index contributed by atoms with van der Waals surface area (Å²) in [6.07, 6.45) is -4.75. The summed E-state index contributed by atoms with van der Waals surface area (Å²) < 4.78 is 65.2. The van der Waals surface area contributed by atoms with Gasteiger partial charge in [-0.15, -0.1) is 0 Å². The Morgan fingerprint density at radius 2 is 1.67 bits per heavy atom. The number of methoxy groups -OCH3 is 2. The highest BCUT2D eigenvalue weighted by atomic mass is 79.9. The van der Waals surface area contributed by atoms with Crippen molar-refractivity contribution in [2.75, 3.05) is 19.5 Å². The lowest BCUT2D eigenvalue weighted by atomic mass is 10.1. The Balaban J connectivity index is 2.19. The highest BCUT2D eigenvalue weighted by Gasteiger charge is 2.36. The van der Waals surface area contributed by atoms with Gasteiger partial charge >= 0.3 is 6.18 Å². The Bertz CT molecular complexity index is 1010. The average Bonchev–Trinajstić information content (AvgIpc) is 2.61. The predicted octanol–water partition coefficient (Wildman–Crippen LogP) is 5.31. The number of anilines is 2. The number of fused-ring (bicyclic) bond motifs is 1. The Hall–Kier alpha value is -2.62. The fraction of sp³-hybridized carbons (Fsp3) is 0.176. The van der Waals surface area contributed by atoms with Crippen LogP contribution in [0.2, 0.25) is 0 Å². The fourth-order valence-corrected chi connectivity index (χ4v) is 2.77. The Morgan fingerprint density at radius 3 is 2.26 bits per heavy atom. The van der Waals surface area contributed by atoms with E-state index in [1.165, 1.54) is 38.5 Å². The van der Waals surface area contributed by atoms with E-state index in [1.54, 1.807) is 0 Å².